The lowest BCUT2D eigenvalue weighted by atomic mass is 10.1. The Morgan fingerprint density at radius 3 is 2.52 bits per heavy atom. The van der Waals surface area contributed by atoms with Gasteiger partial charge in [-0.3, -0.25) is 0 Å². The van der Waals surface area contributed by atoms with Gasteiger partial charge >= 0.3 is 0 Å². The predicted molar refractivity (Wildman–Crippen MR) is 100 cm³/mol. The van der Waals surface area contributed by atoms with Crippen LogP contribution in [0.25, 0.3) is 21.3 Å². The van der Waals surface area contributed by atoms with E-state index in [-0.39, 0.29) is 11.6 Å². The quantitative estimate of drug-likeness (QED) is 0.546. The summed E-state index contributed by atoms with van der Waals surface area (Å²) in [6.45, 7) is 0.337. The number of rotatable bonds is 4. The van der Waals surface area contributed by atoms with Crippen molar-refractivity contribution in [2.45, 2.75) is 6.61 Å². The maximum absolute atomic E-state index is 14.4. The summed E-state index contributed by atoms with van der Waals surface area (Å²) in [7, 11) is 0. The fourth-order valence-electron chi connectivity index (χ4n) is 2.65. The molecule has 0 saturated heterocycles. The molecule has 1 aromatic heterocycles. The second-order valence-corrected chi connectivity index (χ2v) is 6.72. The van der Waals surface area contributed by atoms with Gasteiger partial charge in [-0.1, -0.05) is 53.8 Å². The van der Waals surface area contributed by atoms with Crippen LogP contribution >= 0.6 is 11.3 Å². The number of halogens is 1. The van der Waals surface area contributed by atoms with E-state index in [2.05, 4.69) is 4.98 Å². The van der Waals surface area contributed by atoms with E-state index in [0.717, 1.165) is 26.9 Å². The molecule has 3 aromatic carbocycles. The van der Waals surface area contributed by atoms with Crippen LogP contribution in [0.5, 0.6) is 5.75 Å². The zero-order valence-corrected chi connectivity index (χ0v) is 14.1. The van der Waals surface area contributed by atoms with Crippen LogP contribution in [0.4, 0.5) is 9.52 Å². The lowest BCUT2D eigenvalue weighted by Gasteiger charge is -2.09. The van der Waals surface area contributed by atoms with E-state index in [1.54, 1.807) is 6.07 Å². The molecule has 0 bridgehead atoms. The third-order valence-electron chi connectivity index (χ3n) is 3.91. The Bertz CT molecular complexity index is 1030. The van der Waals surface area contributed by atoms with Crippen LogP contribution < -0.4 is 10.5 Å². The number of anilines is 1. The number of ether oxygens (including phenoxy) is 1. The van der Waals surface area contributed by atoms with Crippen LogP contribution in [-0.4, -0.2) is 4.98 Å². The number of nitrogens with zero attached hydrogens (tertiary/aromatic N) is 1. The van der Waals surface area contributed by atoms with Crippen LogP contribution in [0.2, 0.25) is 0 Å². The minimum Gasteiger partial charge on any atom is -0.486 e. The Morgan fingerprint density at radius 1 is 0.960 bits per heavy atom. The van der Waals surface area contributed by atoms with Gasteiger partial charge in [0.1, 0.15) is 6.61 Å². The SMILES string of the molecule is Nc1nc2ccc(-c3ccc(OCc4ccccc4)c(F)c3)cc2s1. The number of nitrogens with two attached hydrogens (primary N) is 1. The van der Waals surface area contributed by atoms with Gasteiger partial charge < -0.3 is 10.5 Å². The number of fused-ring (bicyclic) bond motifs is 1. The molecular formula is C20H15FN2OS. The molecule has 4 aromatic rings. The summed E-state index contributed by atoms with van der Waals surface area (Å²) in [4.78, 5) is 4.23. The lowest BCUT2D eigenvalue weighted by Crippen LogP contribution is -1.97. The molecule has 1 heterocycles. The Morgan fingerprint density at radius 2 is 1.72 bits per heavy atom. The number of thiazole rings is 1. The van der Waals surface area contributed by atoms with Gasteiger partial charge in [-0.2, -0.15) is 0 Å². The molecule has 0 fully saturated rings. The highest BCUT2D eigenvalue weighted by Gasteiger charge is 2.09. The highest BCUT2D eigenvalue weighted by Crippen LogP contribution is 2.31. The molecule has 0 saturated carbocycles. The molecule has 0 aliphatic rings. The second kappa shape index (κ2) is 6.53. The number of nitrogen functional groups attached to an aromatic ring is 1. The first kappa shape index (κ1) is 15.6. The van der Waals surface area contributed by atoms with E-state index in [1.165, 1.54) is 17.4 Å². The number of hydrogen-bond donors (Lipinski definition) is 1. The Kier molecular flexibility index (Phi) is 4.07. The zero-order chi connectivity index (χ0) is 17.2. The maximum atomic E-state index is 14.4. The molecule has 0 aliphatic heterocycles. The first-order chi connectivity index (χ1) is 12.2. The minimum absolute atomic E-state index is 0.246. The van der Waals surface area contributed by atoms with Gasteiger partial charge in [0.15, 0.2) is 16.7 Å². The van der Waals surface area contributed by atoms with Crippen LogP contribution in [0.1, 0.15) is 5.56 Å². The van der Waals surface area contributed by atoms with Gasteiger partial charge in [-0.05, 0) is 41.0 Å². The first-order valence-electron chi connectivity index (χ1n) is 7.82. The van der Waals surface area contributed by atoms with Gasteiger partial charge in [0.25, 0.3) is 0 Å². The fraction of sp³-hybridized carbons (Fsp3) is 0.0500. The maximum Gasteiger partial charge on any atom is 0.181 e. The number of benzene rings is 3. The molecule has 25 heavy (non-hydrogen) atoms. The summed E-state index contributed by atoms with van der Waals surface area (Å²) >= 11 is 1.42. The van der Waals surface area contributed by atoms with E-state index in [9.17, 15) is 4.39 Å². The van der Waals surface area contributed by atoms with Crippen molar-refractivity contribution in [2.75, 3.05) is 5.73 Å². The van der Waals surface area contributed by atoms with Crippen molar-refractivity contribution in [3.05, 3.63) is 78.1 Å². The van der Waals surface area contributed by atoms with Gasteiger partial charge in [0.2, 0.25) is 0 Å². The highest BCUT2D eigenvalue weighted by atomic mass is 32.1. The number of hydrogen-bond acceptors (Lipinski definition) is 4. The molecule has 0 radical (unpaired) electrons. The lowest BCUT2D eigenvalue weighted by molar-refractivity contribution is 0.290. The van der Waals surface area contributed by atoms with Crippen molar-refractivity contribution in [3.8, 4) is 16.9 Å². The standard InChI is InChI=1S/C20H15FN2OS/c21-16-10-14(15-6-8-17-19(11-15)25-20(22)23-17)7-9-18(16)24-12-13-4-2-1-3-5-13/h1-11H,12H2,(H2,22,23). The molecule has 5 heteroatoms. The second-order valence-electron chi connectivity index (χ2n) is 5.65. The van der Waals surface area contributed by atoms with Crippen molar-refractivity contribution < 1.29 is 9.13 Å². The van der Waals surface area contributed by atoms with Crippen molar-refractivity contribution in [1.82, 2.24) is 4.98 Å². The summed E-state index contributed by atoms with van der Waals surface area (Å²) < 4.78 is 21.0. The molecule has 124 valence electrons. The zero-order valence-electron chi connectivity index (χ0n) is 13.3. The van der Waals surface area contributed by atoms with Gasteiger partial charge in [-0.15, -0.1) is 0 Å². The molecule has 0 aliphatic carbocycles. The molecule has 0 atom stereocenters. The topological polar surface area (TPSA) is 48.1 Å². The van der Waals surface area contributed by atoms with Crippen molar-refractivity contribution in [2.24, 2.45) is 0 Å². The largest absolute Gasteiger partial charge is 0.486 e. The van der Waals surface area contributed by atoms with E-state index in [0.29, 0.717) is 11.7 Å². The Hall–Kier alpha value is -2.92. The normalized spacial score (nSPS) is 10.9. The van der Waals surface area contributed by atoms with E-state index >= 15 is 0 Å². The highest BCUT2D eigenvalue weighted by molar-refractivity contribution is 7.22. The van der Waals surface area contributed by atoms with Gasteiger partial charge in [-0.25, -0.2) is 9.37 Å². The van der Waals surface area contributed by atoms with Crippen LogP contribution in [-0.2, 0) is 6.61 Å². The number of aromatic nitrogens is 1. The van der Waals surface area contributed by atoms with Crippen molar-refractivity contribution in [3.63, 3.8) is 0 Å². The average Bonchev–Trinajstić information content (AvgIpc) is 3.00. The van der Waals surface area contributed by atoms with E-state index in [4.69, 9.17) is 10.5 Å². The van der Waals surface area contributed by atoms with Gasteiger partial charge in [0, 0.05) is 0 Å². The average molecular weight is 350 g/mol. The van der Waals surface area contributed by atoms with Crippen LogP contribution in [0.15, 0.2) is 66.7 Å². The molecule has 0 amide bonds. The third kappa shape index (κ3) is 3.32. The first-order valence-corrected chi connectivity index (χ1v) is 8.63. The fourth-order valence-corrected chi connectivity index (χ4v) is 3.43. The van der Waals surface area contributed by atoms with Crippen LogP contribution in [0.3, 0.4) is 0 Å². The molecule has 2 N–H and O–H groups in total. The molecular weight excluding hydrogens is 335 g/mol. The predicted octanol–water partition coefficient (Wildman–Crippen LogP) is 5.26. The smallest absolute Gasteiger partial charge is 0.181 e. The van der Waals surface area contributed by atoms with Crippen molar-refractivity contribution >= 4 is 26.7 Å². The summed E-state index contributed by atoms with van der Waals surface area (Å²) in [5, 5.41) is 0.531. The Labute approximate surface area is 148 Å². The molecule has 3 nitrogen and oxygen atoms in total. The van der Waals surface area contributed by atoms with Crippen molar-refractivity contribution in [1.29, 1.82) is 0 Å². The minimum atomic E-state index is -0.377. The summed E-state index contributed by atoms with van der Waals surface area (Å²) in [5.41, 5.74) is 9.30. The monoisotopic (exact) mass is 350 g/mol. The van der Waals surface area contributed by atoms with E-state index < -0.39 is 0 Å². The molecule has 0 spiro atoms. The molecule has 4 rings (SSSR count). The summed E-state index contributed by atoms with van der Waals surface area (Å²) in [5.74, 6) is -0.131. The summed E-state index contributed by atoms with van der Waals surface area (Å²) in [6, 6.07) is 20.5. The molecule has 0 unspecified atom stereocenters. The summed E-state index contributed by atoms with van der Waals surface area (Å²) in [6.07, 6.45) is 0. The van der Waals surface area contributed by atoms with Crippen LogP contribution in [0, 0.1) is 5.82 Å². The van der Waals surface area contributed by atoms with Gasteiger partial charge in [0.05, 0.1) is 10.2 Å². The third-order valence-corrected chi connectivity index (χ3v) is 4.75. The Balaban J connectivity index is 1.57. The van der Waals surface area contributed by atoms with E-state index in [1.807, 2.05) is 54.6 Å².